The van der Waals surface area contributed by atoms with Gasteiger partial charge in [0.25, 0.3) is 0 Å². The summed E-state index contributed by atoms with van der Waals surface area (Å²) in [6.07, 6.45) is 6.23. The number of likely N-dealkylation sites (tertiary alicyclic amines) is 1. The van der Waals surface area contributed by atoms with Gasteiger partial charge in [0.15, 0.2) is 0 Å². The van der Waals surface area contributed by atoms with Gasteiger partial charge in [-0.2, -0.15) is 5.10 Å². The number of ether oxygens (including phenoxy) is 1. The number of esters is 1. The summed E-state index contributed by atoms with van der Waals surface area (Å²) >= 11 is 0. The molecule has 1 aromatic heterocycles. The van der Waals surface area contributed by atoms with Crippen LogP contribution in [0.4, 0.5) is 0 Å². The lowest BCUT2D eigenvalue weighted by Gasteiger charge is -2.48. The highest BCUT2D eigenvalue weighted by Crippen LogP contribution is 2.44. The van der Waals surface area contributed by atoms with E-state index in [2.05, 4.69) is 107 Å². The summed E-state index contributed by atoms with van der Waals surface area (Å²) in [7, 11) is 0. The number of benzene rings is 3. The SMILES string of the molecule is CCOC(=O)c1cnn(CC/C=C2\CN(C(c3ccccc3)(c3ccccc3)c3ccccc3)CCC2O)c1. The van der Waals surface area contributed by atoms with Gasteiger partial charge in [0.05, 0.1) is 30.0 Å². The molecule has 5 rings (SSSR count). The number of aliphatic hydroxyl groups is 1. The molecule has 1 saturated heterocycles. The highest BCUT2D eigenvalue weighted by molar-refractivity contribution is 5.88. The van der Waals surface area contributed by atoms with Gasteiger partial charge in [-0.1, -0.05) is 97.1 Å². The maximum atomic E-state index is 12.0. The van der Waals surface area contributed by atoms with Crippen LogP contribution in [0.25, 0.3) is 0 Å². The molecular weight excluding hydrogens is 486 g/mol. The second-order valence-corrected chi connectivity index (χ2v) is 9.81. The van der Waals surface area contributed by atoms with Crippen LogP contribution < -0.4 is 0 Å². The van der Waals surface area contributed by atoms with E-state index in [0.717, 1.165) is 12.1 Å². The highest BCUT2D eigenvalue weighted by Gasteiger charge is 2.44. The van der Waals surface area contributed by atoms with Gasteiger partial charge < -0.3 is 9.84 Å². The van der Waals surface area contributed by atoms with Crippen LogP contribution in [0.1, 0.15) is 46.8 Å². The van der Waals surface area contributed by atoms with Gasteiger partial charge >= 0.3 is 5.97 Å². The fourth-order valence-corrected chi connectivity index (χ4v) is 5.63. The van der Waals surface area contributed by atoms with Crippen molar-refractivity contribution >= 4 is 5.97 Å². The van der Waals surface area contributed by atoms with Crippen molar-refractivity contribution in [1.82, 2.24) is 14.7 Å². The third-order valence-electron chi connectivity index (χ3n) is 7.43. The fourth-order valence-electron chi connectivity index (χ4n) is 5.63. The molecule has 0 bridgehead atoms. The summed E-state index contributed by atoms with van der Waals surface area (Å²) in [4.78, 5) is 14.5. The number of rotatable bonds is 9. The van der Waals surface area contributed by atoms with Crippen molar-refractivity contribution in [3.05, 3.63) is 137 Å². The first-order valence-electron chi connectivity index (χ1n) is 13.6. The lowest BCUT2D eigenvalue weighted by molar-refractivity contribution is 0.0526. The highest BCUT2D eigenvalue weighted by atomic mass is 16.5. The van der Waals surface area contributed by atoms with E-state index in [1.807, 2.05) is 0 Å². The van der Waals surface area contributed by atoms with Crippen LogP contribution in [0.2, 0.25) is 0 Å². The quantitative estimate of drug-likeness (QED) is 0.181. The van der Waals surface area contributed by atoms with E-state index in [1.54, 1.807) is 17.8 Å². The molecule has 1 atom stereocenters. The third kappa shape index (κ3) is 5.58. The molecule has 1 aliphatic heterocycles. The lowest BCUT2D eigenvalue weighted by Crippen LogP contribution is -2.53. The molecule has 6 nitrogen and oxygen atoms in total. The van der Waals surface area contributed by atoms with Crippen LogP contribution in [-0.4, -0.2) is 51.6 Å². The molecule has 0 aliphatic carbocycles. The van der Waals surface area contributed by atoms with E-state index in [9.17, 15) is 9.90 Å². The summed E-state index contributed by atoms with van der Waals surface area (Å²) < 4.78 is 6.81. The van der Waals surface area contributed by atoms with Gasteiger partial charge in [0.2, 0.25) is 0 Å². The van der Waals surface area contributed by atoms with Crippen molar-refractivity contribution < 1.29 is 14.6 Å². The number of piperidine rings is 1. The summed E-state index contributed by atoms with van der Waals surface area (Å²) in [5, 5.41) is 15.3. The van der Waals surface area contributed by atoms with Crippen LogP contribution in [0, 0.1) is 0 Å². The molecule has 200 valence electrons. The average Bonchev–Trinajstić information content (AvgIpc) is 3.46. The van der Waals surface area contributed by atoms with Gasteiger partial charge in [-0.05, 0) is 42.0 Å². The normalized spacial score (nSPS) is 17.3. The van der Waals surface area contributed by atoms with E-state index in [1.165, 1.54) is 22.9 Å². The Balaban J connectivity index is 1.47. The predicted octanol–water partition coefficient (Wildman–Crippen LogP) is 5.44. The maximum Gasteiger partial charge on any atom is 0.341 e. The summed E-state index contributed by atoms with van der Waals surface area (Å²) in [5.41, 5.74) is 4.53. The van der Waals surface area contributed by atoms with E-state index in [-0.39, 0.29) is 5.97 Å². The molecule has 3 aromatic carbocycles. The fraction of sp³-hybridized carbons (Fsp3) is 0.273. The summed E-state index contributed by atoms with van der Waals surface area (Å²) in [5.74, 6) is -0.362. The molecule has 1 unspecified atom stereocenters. The molecule has 0 spiro atoms. The van der Waals surface area contributed by atoms with E-state index in [0.29, 0.717) is 38.1 Å². The van der Waals surface area contributed by atoms with Crippen LogP contribution in [0.3, 0.4) is 0 Å². The number of carbonyl (C=O) groups excluding carboxylic acids is 1. The standard InChI is InChI=1S/C33H35N3O3/c1-2-39-32(38)27-23-34-36(25-27)21-12-13-26-24-35(22-20-31(26)37)33(28-14-6-3-7-15-28,29-16-8-4-9-17-29)30-18-10-5-11-19-30/h3-11,13-19,23,25,31,37H,2,12,20-22,24H2,1H3/b26-13+. The van der Waals surface area contributed by atoms with Gasteiger partial charge in [0.1, 0.15) is 0 Å². The molecule has 6 heteroatoms. The number of hydrogen-bond acceptors (Lipinski definition) is 5. The number of aromatic nitrogens is 2. The molecule has 0 saturated carbocycles. The van der Waals surface area contributed by atoms with Crippen molar-refractivity contribution in [3.63, 3.8) is 0 Å². The second kappa shape index (κ2) is 12.2. The largest absolute Gasteiger partial charge is 0.462 e. The Morgan fingerprint density at radius 1 is 0.974 bits per heavy atom. The molecule has 1 fully saturated rings. The van der Waals surface area contributed by atoms with Crippen molar-refractivity contribution in [2.24, 2.45) is 0 Å². The Morgan fingerprint density at radius 2 is 1.54 bits per heavy atom. The van der Waals surface area contributed by atoms with Crippen molar-refractivity contribution in [1.29, 1.82) is 0 Å². The van der Waals surface area contributed by atoms with Gasteiger partial charge in [-0.15, -0.1) is 0 Å². The Bertz CT molecular complexity index is 1290. The maximum absolute atomic E-state index is 12.0. The van der Waals surface area contributed by atoms with Gasteiger partial charge in [0, 0.05) is 25.8 Å². The number of aryl methyl sites for hydroxylation is 1. The first-order chi connectivity index (χ1) is 19.1. The third-order valence-corrected chi connectivity index (χ3v) is 7.43. The first kappa shape index (κ1) is 26.6. The predicted molar refractivity (Wildman–Crippen MR) is 152 cm³/mol. The van der Waals surface area contributed by atoms with Gasteiger partial charge in [-0.25, -0.2) is 4.79 Å². The van der Waals surface area contributed by atoms with Crippen molar-refractivity contribution in [3.8, 4) is 0 Å². The van der Waals surface area contributed by atoms with Crippen LogP contribution in [0.5, 0.6) is 0 Å². The zero-order chi connectivity index (χ0) is 27.1. The molecule has 2 heterocycles. The molecule has 1 N–H and O–H groups in total. The van der Waals surface area contributed by atoms with E-state index >= 15 is 0 Å². The number of hydrogen-bond donors (Lipinski definition) is 1. The number of aliphatic hydroxyl groups excluding tert-OH is 1. The minimum Gasteiger partial charge on any atom is -0.462 e. The zero-order valence-corrected chi connectivity index (χ0v) is 22.3. The molecule has 4 aromatic rings. The average molecular weight is 522 g/mol. The Labute approximate surface area is 230 Å². The van der Waals surface area contributed by atoms with E-state index in [4.69, 9.17) is 4.74 Å². The topological polar surface area (TPSA) is 67.6 Å². The molecule has 0 amide bonds. The van der Waals surface area contributed by atoms with E-state index < -0.39 is 11.6 Å². The second-order valence-electron chi connectivity index (χ2n) is 9.81. The van der Waals surface area contributed by atoms with Crippen molar-refractivity contribution in [2.45, 2.75) is 38.0 Å². The molecule has 39 heavy (non-hydrogen) atoms. The molecular formula is C33H35N3O3. The number of allylic oxidation sites excluding steroid dienone is 1. The minimum atomic E-state index is -0.514. The van der Waals surface area contributed by atoms with Crippen LogP contribution in [0.15, 0.2) is 115 Å². The Hall–Kier alpha value is -4.00. The number of nitrogens with zero attached hydrogens (tertiary/aromatic N) is 3. The smallest absolute Gasteiger partial charge is 0.341 e. The zero-order valence-electron chi connectivity index (χ0n) is 22.3. The summed E-state index contributed by atoms with van der Waals surface area (Å²) in [6, 6.07) is 32.0. The molecule has 0 radical (unpaired) electrons. The Morgan fingerprint density at radius 3 is 2.08 bits per heavy atom. The summed E-state index contributed by atoms with van der Waals surface area (Å²) in [6.45, 7) is 4.11. The first-order valence-corrected chi connectivity index (χ1v) is 13.6. The molecule has 1 aliphatic rings. The van der Waals surface area contributed by atoms with Gasteiger partial charge in [-0.3, -0.25) is 9.58 Å². The van der Waals surface area contributed by atoms with Crippen LogP contribution >= 0.6 is 0 Å². The van der Waals surface area contributed by atoms with Crippen LogP contribution in [-0.2, 0) is 16.8 Å². The number of carbonyl (C=O) groups is 1. The Kier molecular flexibility index (Phi) is 8.35. The lowest BCUT2D eigenvalue weighted by atomic mass is 9.74. The minimum absolute atomic E-state index is 0.334. The monoisotopic (exact) mass is 521 g/mol. The van der Waals surface area contributed by atoms with Crippen molar-refractivity contribution in [2.75, 3.05) is 19.7 Å².